The fraction of sp³-hybridized carbons (Fsp3) is 1.00. The molecule has 0 N–H and O–H groups in total. The van der Waals surface area contributed by atoms with Crippen molar-refractivity contribution in [3.05, 3.63) is 0 Å². The third kappa shape index (κ3) is 4.57. The van der Waals surface area contributed by atoms with Crippen LogP contribution in [-0.4, -0.2) is 30.7 Å². The van der Waals surface area contributed by atoms with Gasteiger partial charge >= 0.3 is 0 Å². The Bertz CT molecular complexity index is 195. The fourth-order valence-electron chi connectivity index (χ4n) is 3.40. The van der Waals surface area contributed by atoms with Crippen molar-refractivity contribution in [2.24, 2.45) is 23.7 Å². The van der Waals surface area contributed by atoms with Gasteiger partial charge < -0.3 is 4.90 Å². The van der Waals surface area contributed by atoms with Crippen LogP contribution in [0.25, 0.3) is 0 Å². The van der Waals surface area contributed by atoms with Gasteiger partial charge in [0.15, 0.2) is 0 Å². The van der Waals surface area contributed by atoms with Crippen molar-refractivity contribution in [3.8, 4) is 0 Å². The first-order valence-corrected chi connectivity index (χ1v) is 7.28. The van der Waals surface area contributed by atoms with Crippen LogP contribution in [0.1, 0.15) is 47.5 Å². The third-order valence-electron chi connectivity index (χ3n) is 4.33. The number of hydrogen-bond acceptors (Lipinski definition) is 1. The van der Waals surface area contributed by atoms with Crippen molar-refractivity contribution < 1.29 is 4.39 Å². The van der Waals surface area contributed by atoms with E-state index in [1.54, 1.807) is 6.92 Å². The van der Waals surface area contributed by atoms with Gasteiger partial charge in [0.1, 0.15) is 6.17 Å². The standard InChI is InChI=1S/C15H30FN/c1-11(2)14-6-8-17(10-13(5)16)9-7-15(14)12(3)4/h11-15H,6-10H2,1-5H3. The summed E-state index contributed by atoms with van der Waals surface area (Å²) in [6.45, 7) is 13.8. The van der Waals surface area contributed by atoms with Crippen molar-refractivity contribution >= 4 is 0 Å². The lowest BCUT2D eigenvalue weighted by atomic mass is 9.74. The van der Waals surface area contributed by atoms with Gasteiger partial charge in [0.2, 0.25) is 0 Å². The van der Waals surface area contributed by atoms with Crippen LogP contribution in [0.5, 0.6) is 0 Å². The normalized spacial score (nSPS) is 29.6. The van der Waals surface area contributed by atoms with Crippen molar-refractivity contribution in [1.29, 1.82) is 0 Å². The van der Waals surface area contributed by atoms with E-state index in [2.05, 4.69) is 32.6 Å². The molecule has 0 saturated carbocycles. The monoisotopic (exact) mass is 243 g/mol. The van der Waals surface area contributed by atoms with Crippen LogP contribution in [0.15, 0.2) is 0 Å². The number of hydrogen-bond donors (Lipinski definition) is 0. The molecule has 2 heteroatoms. The van der Waals surface area contributed by atoms with E-state index in [0.717, 1.165) is 36.8 Å². The van der Waals surface area contributed by atoms with E-state index in [9.17, 15) is 4.39 Å². The topological polar surface area (TPSA) is 3.24 Å². The van der Waals surface area contributed by atoms with E-state index in [4.69, 9.17) is 0 Å². The molecular weight excluding hydrogens is 213 g/mol. The van der Waals surface area contributed by atoms with Gasteiger partial charge in [-0.15, -0.1) is 0 Å². The fourth-order valence-corrected chi connectivity index (χ4v) is 3.40. The largest absolute Gasteiger partial charge is 0.300 e. The number of likely N-dealkylation sites (tertiary alicyclic amines) is 1. The van der Waals surface area contributed by atoms with E-state index in [1.807, 2.05) is 0 Å². The first-order chi connectivity index (χ1) is 7.91. The predicted octanol–water partition coefficient (Wildman–Crippen LogP) is 3.98. The molecule has 0 aromatic rings. The predicted molar refractivity (Wildman–Crippen MR) is 72.9 cm³/mol. The minimum Gasteiger partial charge on any atom is -0.300 e. The number of alkyl halides is 1. The Hall–Kier alpha value is -0.110. The van der Waals surface area contributed by atoms with E-state index in [0.29, 0.717) is 6.54 Å². The Labute approximate surface area is 107 Å². The van der Waals surface area contributed by atoms with Crippen LogP contribution in [0.4, 0.5) is 4.39 Å². The Kier molecular flexibility index (Phi) is 5.91. The minimum absolute atomic E-state index is 0.621. The summed E-state index contributed by atoms with van der Waals surface area (Å²) < 4.78 is 13.1. The molecule has 0 aromatic carbocycles. The van der Waals surface area contributed by atoms with Gasteiger partial charge in [-0.25, -0.2) is 4.39 Å². The second-order valence-corrected chi connectivity index (χ2v) is 6.47. The molecule has 0 aromatic heterocycles. The average molecular weight is 243 g/mol. The molecule has 1 aliphatic heterocycles. The van der Waals surface area contributed by atoms with E-state index < -0.39 is 6.17 Å². The Morgan fingerprint density at radius 2 is 1.35 bits per heavy atom. The zero-order chi connectivity index (χ0) is 13.0. The number of halogens is 1. The van der Waals surface area contributed by atoms with Crippen LogP contribution < -0.4 is 0 Å². The molecule has 1 rings (SSSR count). The summed E-state index contributed by atoms with van der Waals surface area (Å²) in [4.78, 5) is 2.32. The molecule has 0 spiro atoms. The zero-order valence-corrected chi connectivity index (χ0v) is 12.2. The molecule has 0 amide bonds. The van der Waals surface area contributed by atoms with E-state index in [-0.39, 0.29) is 0 Å². The molecule has 1 heterocycles. The highest BCUT2D eigenvalue weighted by molar-refractivity contribution is 4.81. The lowest BCUT2D eigenvalue weighted by Crippen LogP contribution is -2.30. The average Bonchev–Trinajstić information content (AvgIpc) is 2.39. The van der Waals surface area contributed by atoms with Crippen LogP contribution in [0.3, 0.4) is 0 Å². The van der Waals surface area contributed by atoms with Crippen LogP contribution in [0, 0.1) is 23.7 Å². The Morgan fingerprint density at radius 3 is 1.65 bits per heavy atom. The summed E-state index contributed by atoms with van der Waals surface area (Å²) >= 11 is 0. The van der Waals surface area contributed by atoms with E-state index >= 15 is 0 Å². The van der Waals surface area contributed by atoms with Gasteiger partial charge in [-0.2, -0.15) is 0 Å². The summed E-state index contributed by atoms with van der Waals surface area (Å²) in [5.74, 6) is 3.14. The molecule has 1 fully saturated rings. The smallest absolute Gasteiger partial charge is 0.110 e. The Balaban J connectivity index is 2.62. The molecule has 0 bridgehead atoms. The van der Waals surface area contributed by atoms with Crippen molar-refractivity contribution in [3.63, 3.8) is 0 Å². The maximum atomic E-state index is 13.1. The van der Waals surface area contributed by atoms with Gasteiger partial charge in [-0.1, -0.05) is 27.7 Å². The third-order valence-corrected chi connectivity index (χ3v) is 4.33. The summed E-state index contributed by atoms with van der Waals surface area (Å²) in [6, 6.07) is 0. The van der Waals surface area contributed by atoms with Gasteiger partial charge in [-0.3, -0.25) is 0 Å². The molecule has 1 saturated heterocycles. The van der Waals surface area contributed by atoms with Crippen molar-refractivity contribution in [1.82, 2.24) is 4.90 Å². The first kappa shape index (κ1) is 14.9. The highest BCUT2D eigenvalue weighted by atomic mass is 19.1. The van der Waals surface area contributed by atoms with Crippen molar-refractivity contribution in [2.75, 3.05) is 19.6 Å². The molecule has 3 unspecified atom stereocenters. The second-order valence-electron chi connectivity index (χ2n) is 6.47. The Morgan fingerprint density at radius 1 is 0.941 bits per heavy atom. The molecule has 102 valence electrons. The second kappa shape index (κ2) is 6.72. The molecular formula is C15H30FN. The summed E-state index contributed by atoms with van der Waals surface area (Å²) in [6.07, 6.45) is 1.79. The quantitative estimate of drug-likeness (QED) is 0.722. The summed E-state index contributed by atoms with van der Waals surface area (Å²) in [5, 5.41) is 0. The SMILES string of the molecule is CC(F)CN1CCC(C(C)C)C(C(C)C)CC1. The zero-order valence-electron chi connectivity index (χ0n) is 12.2. The summed E-state index contributed by atoms with van der Waals surface area (Å²) in [5.41, 5.74) is 0. The lowest BCUT2D eigenvalue weighted by molar-refractivity contribution is 0.190. The van der Waals surface area contributed by atoms with Gasteiger partial charge in [0, 0.05) is 6.54 Å². The molecule has 17 heavy (non-hydrogen) atoms. The molecule has 3 atom stereocenters. The van der Waals surface area contributed by atoms with Crippen LogP contribution in [-0.2, 0) is 0 Å². The van der Waals surface area contributed by atoms with Gasteiger partial charge in [0.05, 0.1) is 0 Å². The molecule has 0 aliphatic carbocycles. The molecule has 1 aliphatic rings. The molecule has 1 nitrogen and oxygen atoms in total. The maximum absolute atomic E-state index is 13.1. The van der Waals surface area contributed by atoms with E-state index in [1.165, 1.54) is 12.8 Å². The van der Waals surface area contributed by atoms with Crippen LogP contribution in [0.2, 0.25) is 0 Å². The highest BCUT2D eigenvalue weighted by Crippen LogP contribution is 2.35. The summed E-state index contributed by atoms with van der Waals surface area (Å²) in [7, 11) is 0. The maximum Gasteiger partial charge on any atom is 0.110 e. The van der Waals surface area contributed by atoms with Crippen LogP contribution >= 0.6 is 0 Å². The van der Waals surface area contributed by atoms with Gasteiger partial charge in [-0.05, 0) is 56.5 Å². The first-order valence-electron chi connectivity index (χ1n) is 7.28. The van der Waals surface area contributed by atoms with Crippen molar-refractivity contribution in [2.45, 2.75) is 53.6 Å². The minimum atomic E-state index is -0.692. The molecule has 0 radical (unpaired) electrons. The number of rotatable bonds is 4. The lowest BCUT2D eigenvalue weighted by Gasteiger charge is -2.31. The highest BCUT2D eigenvalue weighted by Gasteiger charge is 2.30. The van der Waals surface area contributed by atoms with Gasteiger partial charge in [0.25, 0.3) is 0 Å². The number of nitrogens with zero attached hydrogens (tertiary/aromatic N) is 1.